The van der Waals surface area contributed by atoms with Crippen molar-refractivity contribution in [1.29, 1.82) is 0 Å². The third-order valence-electron chi connectivity index (χ3n) is 4.72. The second kappa shape index (κ2) is 7.16. The van der Waals surface area contributed by atoms with E-state index in [4.69, 9.17) is 0 Å². The standard InChI is InChI=1S/C19H16BrN3O5/c1-10-9-12(20)7-8-14(10)21(3)17(24)11(2)22-18(25)13-5-4-6-15(23(27)28)16(13)19(22)26/h4-9,11H,1-3H3. The second-order valence-corrected chi connectivity index (χ2v) is 7.36. The Kier molecular flexibility index (Phi) is 5.03. The number of imide groups is 1. The second-order valence-electron chi connectivity index (χ2n) is 6.44. The van der Waals surface area contributed by atoms with Gasteiger partial charge < -0.3 is 4.90 Å². The van der Waals surface area contributed by atoms with Crippen molar-refractivity contribution in [3.05, 3.63) is 67.7 Å². The highest BCUT2D eigenvalue weighted by Gasteiger charge is 2.45. The van der Waals surface area contributed by atoms with Crippen LogP contribution in [-0.4, -0.2) is 40.6 Å². The first-order valence-electron chi connectivity index (χ1n) is 8.34. The van der Waals surface area contributed by atoms with Gasteiger partial charge in [-0.3, -0.25) is 29.4 Å². The maximum absolute atomic E-state index is 13.0. The molecule has 0 saturated heterocycles. The molecule has 1 heterocycles. The molecule has 3 rings (SSSR count). The highest BCUT2D eigenvalue weighted by molar-refractivity contribution is 9.10. The van der Waals surface area contributed by atoms with Gasteiger partial charge in [0.1, 0.15) is 11.6 Å². The van der Waals surface area contributed by atoms with Crippen molar-refractivity contribution in [2.24, 2.45) is 0 Å². The molecule has 1 aliphatic rings. The largest absolute Gasteiger partial charge is 0.313 e. The molecule has 0 radical (unpaired) electrons. The minimum absolute atomic E-state index is 0.0682. The summed E-state index contributed by atoms with van der Waals surface area (Å²) < 4.78 is 0.857. The zero-order chi connectivity index (χ0) is 20.7. The van der Waals surface area contributed by atoms with E-state index >= 15 is 0 Å². The number of likely N-dealkylation sites (N-methyl/N-ethyl adjacent to an activating group) is 1. The monoisotopic (exact) mass is 445 g/mol. The van der Waals surface area contributed by atoms with E-state index in [-0.39, 0.29) is 11.1 Å². The molecule has 2 aromatic carbocycles. The Balaban J connectivity index is 1.94. The molecule has 2 aromatic rings. The predicted octanol–water partition coefficient (Wildman–Crippen LogP) is 3.31. The maximum atomic E-state index is 13.0. The molecule has 3 amide bonds. The van der Waals surface area contributed by atoms with Crippen LogP contribution < -0.4 is 4.90 Å². The fourth-order valence-corrected chi connectivity index (χ4v) is 3.77. The van der Waals surface area contributed by atoms with E-state index in [0.717, 1.165) is 21.0 Å². The molecular formula is C19H16BrN3O5. The molecule has 1 unspecified atom stereocenters. The number of aryl methyl sites for hydroxylation is 1. The molecule has 0 N–H and O–H groups in total. The van der Waals surface area contributed by atoms with Gasteiger partial charge in [-0.2, -0.15) is 0 Å². The third-order valence-corrected chi connectivity index (χ3v) is 5.21. The highest BCUT2D eigenvalue weighted by Crippen LogP contribution is 2.32. The van der Waals surface area contributed by atoms with Gasteiger partial charge >= 0.3 is 0 Å². The SMILES string of the molecule is Cc1cc(Br)ccc1N(C)C(=O)C(C)N1C(=O)c2cccc([N+](=O)[O-])c2C1=O. The van der Waals surface area contributed by atoms with Crippen LogP contribution in [-0.2, 0) is 4.79 Å². The van der Waals surface area contributed by atoms with Crippen LogP contribution in [0, 0.1) is 17.0 Å². The fraction of sp³-hybridized carbons (Fsp3) is 0.211. The lowest BCUT2D eigenvalue weighted by atomic mass is 10.1. The van der Waals surface area contributed by atoms with Gasteiger partial charge in [0, 0.05) is 23.3 Å². The van der Waals surface area contributed by atoms with E-state index in [2.05, 4.69) is 15.9 Å². The molecule has 0 fully saturated rings. The quantitative estimate of drug-likeness (QED) is 0.408. The van der Waals surface area contributed by atoms with Gasteiger partial charge in [0.05, 0.1) is 10.5 Å². The first-order valence-corrected chi connectivity index (χ1v) is 9.13. The molecule has 8 nitrogen and oxygen atoms in total. The summed E-state index contributed by atoms with van der Waals surface area (Å²) in [5, 5.41) is 11.2. The van der Waals surface area contributed by atoms with Crippen LogP contribution in [0.25, 0.3) is 0 Å². The lowest BCUT2D eigenvalue weighted by Crippen LogP contribution is -2.48. The Morgan fingerprint density at radius 3 is 2.50 bits per heavy atom. The average Bonchev–Trinajstić information content (AvgIpc) is 2.90. The van der Waals surface area contributed by atoms with Crippen LogP contribution in [0.1, 0.15) is 33.2 Å². The number of nitro benzene ring substituents is 1. The number of fused-ring (bicyclic) bond motifs is 1. The van der Waals surface area contributed by atoms with Crippen molar-refractivity contribution in [3.8, 4) is 0 Å². The summed E-state index contributed by atoms with van der Waals surface area (Å²) in [6, 6.07) is 8.10. The van der Waals surface area contributed by atoms with Crippen molar-refractivity contribution < 1.29 is 19.3 Å². The minimum Gasteiger partial charge on any atom is -0.313 e. The lowest BCUT2D eigenvalue weighted by Gasteiger charge is -2.27. The summed E-state index contributed by atoms with van der Waals surface area (Å²) in [5.74, 6) is -2.04. The van der Waals surface area contributed by atoms with Gasteiger partial charge in [0.15, 0.2) is 0 Å². The summed E-state index contributed by atoms with van der Waals surface area (Å²) in [4.78, 5) is 51.1. The first-order chi connectivity index (χ1) is 13.1. The molecular weight excluding hydrogens is 430 g/mol. The van der Waals surface area contributed by atoms with Gasteiger partial charge in [-0.1, -0.05) is 22.0 Å². The number of nitrogens with zero attached hydrogens (tertiary/aromatic N) is 3. The van der Waals surface area contributed by atoms with Crippen LogP contribution in [0.2, 0.25) is 0 Å². The first kappa shape index (κ1) is 19.7. The van der Waals surface area contributed by atoms with E-state index in [9.17, 15) is 24.5 Å². The zero-order valence-electron chi connectivity index (χ0n) is 15.3. The van der Waals surface area contributed by atoms with Gasteiger partial charge in [-0.25, -0.2) is 0 Å². The lowest BCUT2D eigenvalue weighted by molar-refractivity contribution is -0.385. The smallest absolute Gasteiger partial charge is 0.282 e. The van der Waals surface area contributed by atoms with Crippen LogP contribution in [0.15, 0.2) is 40.9 Å². The summed E-state index contributed by atoms with van der Waals surface area (Å²) in [7, 11) is 1.55. The molecule has 9 heteroatoms. The molecule has 1 atom stereocenters. The summed E-state index contributed by atoms with van der Waals surface area (Å²) in [5.41, 5.74) is 0.661. The molecule has 0 saturated carbocycles. The van der Waals surface area contributed by atoms with E-state index in [1.54, 1.807) is 19.2 Å². The summed E-state index contributed by atoms with van der Waals surface area (Å²) in [6.07, 6.45) is 0. The van der Waals surface area contributed by atoms with Gasteiger partial charge in [-0.05, 0) is 43.7 Å². The van der Waals surface area contributed by atoms with Crippen molar-refractivity contribution in [2.75, 3.05) is 11.9 Å². The van der Waals surface area contributed by atoms with Gasteiger partial charge in [-0.15, -0.1) is 0 Å². The molecule has 0 spiro atoms. The zero-order valence-corrected chi connectivity index (χ0v) is 16.9. The number of nitro groups is 1. The third kappa shape index (κ3) is 3.07. The molecule has 1 aliphatic heterocycles. The number of carbonyl (C=O) groups excluding carboxylic acids is 3. The summed E-state index contributed by atoms with van der Waals surface area (Å²) in [6.45, 7) is 3.26. The minimum atomic E-state index is -1.12. The van der Waals surface area contributed by atoms with Crippen molar-refractivity contribution in [3.63, 3.8) is 0 Å². The normalized spacial score (nSPS) is 14.1. The number of rotatable bonds is 4. The van der Waals surface area contributed by atoms with E-state index in [0.29, 0.717) is 5.69 Å². The average molecular weight is 446 g/mol. The number of anilines is 1. The molecule has 144 valence electrons. The predicted molar refractivity (Wildman–Crippen MR) is 105 cm³/mol. The Morgan fingerprint density at radius 1 is 1.21 bits per heavy atom. The van der Waals surface area contributed by atoms with Crippen molar-refractivity contribution >= 4 is 45.0 Å². The van der Waals surface area contributed by atoms with Gasteiger partial charge in [0.2, 0.25) is 5.91 Å². The van der Waals surface area contributed by atoms with Crippen LogP contribution >= 0.6 is 15.9 Å². The number of carbonyl (C=O) groups is 3. The van der Waals surface area contributed by atoms with Crippen molar-refractivity contribution in [2.45, 2.75) is 19.9 Å². The number of hydrogen-bond acceptors (Lipinski definition) is 5. The Morgan fingerprint density at radius 2 is 1.89 bits per heavy atom. The Bertz CT molecular complexity index is 1040. The van der Waals surface area contributed by atoms with Crippen LogP contribution in [0.5, 0.6) is 0 Å². The molecule has 0 aliphatic carbocycles. The van der Waals surface area contributed by atoms with Crippen LogP contribution in [0.3, 0.4) is 0 Å². The summed E-state index contributed by atoms with van der Waals surface area (Å²) >= 11 is 3.36. The fourth-order valence-electron chi connectivity index (χ4n) is 3.29. The van der Waals surface area contributed by atoms with E-state index in [1.807, 2.05) is 13.0 Å². The van der Waals surface area contributed by atoms with Crippen molar-refractivity contribution in [1.82, 2.24) is 4.90 Å². The highest BCUT2D eigenvalue weighted by atomic mass is 79.9. The van der Waals surface area contributed by atoms with Gasteiger partial charge in [0.25, 0.3) is 17.5 Å². The Labute approximate surface area is 169 Å². The number of halogens is 1. The number of benzene rings is 2. The van der Waals surface area contributed by atoms with Crippen LogP contribution in [0.4, 0.5) is 11.4 Å². The topological polar surface area (TPSA) is 101 Å². The number of hydrogen-bond donors (Lipinski definition) is 0. The number of amides is 3. The van der Waals surface area contributed by atoms with E-state index < -0.39 is 34.4 Å². The molecule has 0 aromatic heterocycles. The maximum Gasteiger partial charge on any atom is 0.282 e. The molecule has 28 heavy (non-hydrogen) atoms. The van der Waals surface area contributed by atoms with E-state index in [1.165, 1.54) is 24.0 Å². The Hall–Kier alpha value is -3.07. The molecule has 0 bridgehead atoms.